The molecule has 0 spiro atoms. The topological polar surface area (TPSA) is 69.3 Å². The van der Waals surface area contributed by atoms with Crippen molar-refractivity contribution in [2.75, 3.05) is 26.7 Å². The molecule has 1 aliphatic rings. The first-order valence-corrected chi connectivity index (χ1v) is 9.84. The summed E-state index contributed by atoms with van der Waals surface area (Å²) in [6.45, 7) is 1.47. The molecule has 1 aromatic heterocycles. The van der Waals surface area contributed by atoms with Gasteiger partial charge in [-0.1, -0.05) is 29.3 Å². The third-order valence-corrected chi connectivity index (χ3v) is 6.73. The lowest BCUT2D eigenvalue weighted by atomic mass is 10.2. The molecule has 1 fully saturated rings. The van der Waals surface area contributed by atoms with Crippen molar-refractivity contribution in [3.05, 3.63) is 52.0 Å². The molecule has 6 nitrogen and oxygen atoms in total. The van der Waals surface area contributed by atoms with Crippen LogP contribution in [0.25, 0.3) is 0 Å². The number of sulfonamides is 1. The van der Waals surface area contributed by atoms with E-state index < -0.39 is 10.0 Å². The number of H-pyrrole nitrogens is 1. The number of nitrogens with zero attached hydrogens (tertiary/aromatic N) is 3. The van der Waals surface area contributed by atoms with E-state index in [1.807, 2.05) is 7.05 Å². The Kier molecular flexibility index (Phi) is 5.17. The summed E-state index contributed by atoms with van der Waals surface area (Å²) in [6.07, 6.45) is 3.42. The van der Waals surface area contributed by atoms with E-state index in [0.717, 1.165) is 5.82 Å². The fourth-order valence-corrected chi connectivity index (χ4v) is 4.62. The minimum absolute atomic E-state index is 0.0858. The molecule has 1 N–H and O–H groups in total. The summed E-state index contributed by atoms with van der Waals surface area (Å²) < 4.78 is 27.1. The highest BCUT2D eigenvalue weighted by atomic mass is 35.5. The van der Waals surface area contributed by atoms with Gasteiger partial charge in [-0.05, 0) is 24.7 Å². The molecule has 130 valence electrons. The Bertz CT molecular complexity index is 811. The highest BCUT2D eigenvalue weighted by molar-refractivity contribution is 7.88. The van der Waals surface area contributed by atoms with Crippen LogP contribution in [0.5, 0.6) is 0 Å². The second kappa shape index (κ2) is 7.01. The third kappa shape index (κ3) is 3.75. The summed E-state index contributed by atoms with van der Waals surface area (Å²) in [5.41, 5.74) is 0.623. The van der Waals surface area contributed by atoms with Crippen molar-refractivity contribution in [1.29, 1.82) is 0 Å². The number of aromatic nitrogens is 2. The molecule has 1 unspecified atom stereocenters. The van der Waals surface area contributed by atoms with Crippen molar-refractivity contribution in [3.63, 3.8) is 0 Å². The van der Waals surface area contributed by atoms with Crippen molar-refractivity contribution in [3.8, 4) is 0 Å². The Morgan fingerprint density at radius 3 is 2.75 bits per heavy atom. The third-order valence-electron chi connectivity index (χ3n) is 4.17. The number of imidazole rings is 1. The van der Waals surface area contributed by atoms with Crippen LogP contribution in [0.1, 0.15) is 17.4 Å². The van der Waals surface area contributed by atoms with E-state index in [2.05, 4.69) is 14.9 Å². The molecule has 9 heteroatoms. The lowest BCUT2D eigenvalue weighted by molar-refractivity contribution is 0.142. The maximum Gasteiger partial charge on any atom is 0.218 e. The molecule has 1 aliphatic heterocycles. The highest BCUT2D eigenvalue weighted by Crippen LogP contribution is 2.27. The fourth-order valence-electron chi connectivity index (χ4n) is 2.79. The number of likely N-dealkylation sites (N-methyl/N-ethyl adjacent to an activating group) is 1. The van der Waals surface area contributed by atoms with Crippen LogP contribution >= 0.6 is 23.2 Å². The van der Waals surface area contributed by atoms with E-state index in [1.54, 1.807) is 30.6 Å². The molecule has 0 bridgehead atoms. The maximum atomic E-state index is 12.8. The molecule has 1 saturated heterocycles. The summed E-state index contributed by atoms with van der Waals surface area (Å²) in [4.78, 5) is 9.43. The number of aromatic amines is 1. The zero-order chi connectivity index (χ0) is 17.3. The minimum Gasteiger partial charge on any atom is -0.347 e. The van der Waals surface area contributed by atoms with Crippen molar-refractivity contribution < 1.29 is 8.42 Å². The molecule has 1 atom stereocenters. The Morgan fingerprint density at radius 2 is 2.08 bits per heavy atom. The van der Waals surface area contributed by atoms with Crippen LogP contribution in [0.3, 0.4) is 0 Å². The van der Waals surface area contributed by atoms with E-state index in [4.69, 9.17) is 23.2 Å². The number of rotatable bonds is 4. The first kappa shape index (κ1) is 17.7. The van der Waals surface area contributed by atoms with E-state index in [-0.39, 0.29) is 11.8 Å². The molecule has 0 radical (unpaired) electrons. The molecular weight excluding hydrogens is 371 g/mol. The zero-order valence-corrected chi connectivity index (χ0v) is 15.4. The summed E-state index contributed by atoms with van der Waals surface area (Å²) in [6, 6.07) is 4.81. The predicted octanol–water partition coefficient (Wildman–Crippen LogP) is 2.54. The molecule has 0 amide bonds. The van der Waals surface area contributed by atoms with Crippen LogP contribution < -0.4 is 0 Å². The molecule has 2 aromatic rings. The molecule has 3 rings (SSSR count). The van der Waals surface area contributed by atoms with Gasteiger partial charge in [0.1, 0.15) is 5.82 Å². The summed E-state index contributed by atoms with van der Waals surface area (Å²) in [7, 11) is -1.48. The van der Waals surface area contributed by atoms with E-state index in [1.165, 1.54) is 4.31 Å². The van der Waals surface area contributed by atoms with Gasteiger partial charge in [-0.25, -0.2) is 13.4 Å². The van der Waals surface area contributed by atoms with Gasteiger partial charge < -0.3 is 4.98 Å². The van der Waals surface area contributed by atoms with Gasteiger partial charge in [0.05, 0.1) is 21.8 Å². The number of hydrogen-bond acceptors (Lipinski definition) is 4. The average Bonchev–Trinajstić information content (AvgIpc) is 3.05. The highest BCUT2D eigenvalue weighted by Gasteiger charge is 2.33. The first-order chi connectivity index (χ1) is 11.4. The second-order valence-corrected chi connectivity index (χ2v) is 8.62. The van der Waals surface area contributed by atoms with E-state index >= 15 is 0 Å². The van der Waals surface area contributed by atoms with Gasteiger partial charge in [0, 0.05) is 32.0 Å². The van der Waals surface area contributed by atoms with Crippen molar-refractivity contribution in [2.45, 2.75) is 11.8 Å². The smallest absolute Gasteiger partial charge is 0.218 e. The van der Waals surface area contributed by atoms with Gasteiger partial charge in [-0.2, -0.15) is 4.31 Å². The van der Waals surface area contributed by atoms with Crippen LogP contribution in [0.2, 0.25) is 10.0 Å². The summed E-state index contributed by atoms with van der Waals surface area (Å²) >= 11 is 11.9. The lowest BCUT2D eigenvalue weighted by Gasteiger charge is -2.37. The molecule has 2 heterocycles. The number of nitrogens with one attached hydrogen (secondary N) is 1. The van der Waals surface area contributed by atoms with Gasteiger partial charge >= 0.3 is 0 Å². The van der Waals surface area contributed by atoms with Crippen LogP contribution in [0.4, 0.5) is 0 Å². The molecular formula is C15H18Cl2N4O2S. The molecule has 24 heavy (non-hydrogen) atoms. The van der Waals surface area contributed by atoms with E-state index in [0.29, 0.717) is 35.2 Å². The van der Waals surface area contributed by atoms with Crippen LogP contribution in [-0.2, 0) is 15.8 Å². The second-order valence-electron chi connectivity index (χ2n) is 5.83. The van der Waals surface area contributed by atoms with Gasteiger partial charge in [0.2, 0.25) is 10.0 Å². The predicted molar refractivity (Wildman–Crippen MR) is 94.6 cm³/mol. The monoisotopic (exact) mass is 388 g/mol. The van der Waals surface area contributed by atoms with Crippen molar-refractivity contribution >= 4 is 33.2 Å². The largest absolute Gasteiger partial charge is 0.347 e. The SMILES string of the molecule is CN1CCN(S(=O)(=O)Cc2ccc(Cl)c(Cl)c2)CC1c1ncc[nH]1. The Morgan fingerprint density at radius 1 is 1.29 bits per heavy atom. The standard InChI is InChI=1S/C15H18Cl2N4O2S/c1-20-6-7-21(9-14(20)15-18-4-5-19-15)24(22,23)10-11-2-3-12(16)13(17)8-11/h2-5,8,14H,6-7,9-10H2,1H3,(H,18,19). The van der Waals surface area contributed by atoms with Crippen LogP contribution in [-0.4, -0.2) is 54.3 Å². The fraction of sp³-hybridized carbons (Fsp3) is 0.400. The van der Waals surface area contributed by atoms with Crippen molar-refractivity contribution in [2.24, 2.45) is 0 Å². The number of halogens is 2. The Labute approximate surface area is 151 Å². The van der Waals surface area contributed by atoms with Crippen molar-refractivity contribution in [1.82, 2.24) is 19.2 Å². The van der Waals surface area contributed by atoms with Gasteiger partial charge in [0.15, 0.2) is 0 Å². The number of benzene rings is 1. The zero-order valence-electron chi connectivity index (χ0n) is 13.1. The average molecular weight is 389 g/mol. The Hall–Kier alpha value is -1.12. The quantitative estimate of drug-likeness (QED) is 0.873. The molecule has 0 aliphatic carbocycles. The van der Waals surface area contributed by atoms with E-state index in [9.17, 15) is 8.42 Å². The first-order valence-electron chi connectivity index (χ1n) is 7.48. The lowest BCUT2D eigenvalue weighted by Crippen LogP contribution is -2.49. The molecule has 0 saturated carbocycles. The molecule has 1 aromatic carbocycles. The number of hydrogen-bond donors (Lipinski definition) is 1. The van der Waals surface area contributed by atoms with Crippen LogP contribution in [0.15, 0.2) is 30.6 Å². The summed E-state index contributed by atoms with van der Waals surface area (Å²) in [5.74, 6) is 0.672. The maximum absolute atomic E-state index is 12.8. The van der Waals surface area contributed by atoms with Gasteiger partial charge in [-0.15, -0.1) is 0 Å². The van der Waals surface area contributed by atoms with Gasteiger partial charge in [-0.3, -0.25) is 4.90 Å². The number of piperazine rings is 1. The minimum atomic E-state index is -3.45. The Balaban J connectivity index is 1.77. The van der Waals surface area contributed by atoms with Gasteiger partial charge in [0.25, 0.3) is 0 Å². The normalized spacial score (nSPS) is 20.4. The summed E-state index contributed by atoms with van der Waals surface area (Å²) in [5, 5.41) is 0.770. The van der Waals surface area contributed by atoms with Crippen LogP contribution in [0, 0.1) is 0 Å².